The van der Waals surface area contributed by atoms with Crippen molar-refractivity contribution in [2.75, 3.05) is 39.4 Å². The third-order valence-electron chi connectivity index (χ3n) is 12.3. The Morgan fingerprint density at radius 2 is 1.18 bits per heavy atom. The van der Waals surface area contributed by atoms with Crippen molar-refractivity contribution in [2.24, 2.45) is 17.4 Å². The van der Waals surface area contributed by atoms with Crippen LogP contribution in [0.3, 0.4) is 0 Å². The first-order valence-corrected chi connectivity index (χ1v) is 24.2. The van der Waals surface area contributed by atoms with Gasteiger partial charge in [0.05, 0.1) is 25.4 Å². The third kappa shape index (κ3) is 18.6. The normalized spacial score (nSPS) is 18.9. The number of amides is 8. The highest BCUT2D eigenvalue weighted by Gasteiger charge is 2.41. The van der Waals surface area contributed by atoms with Gasteiger partial charge in [0.25, 0.3) is 0 Å². The highest BCUT2D eigenvalue weighted by molar-refractivity contribution is 5.98. The monoisotopic (exact) mass is 1010 g/mol. The molecule has 2 aliphatic heterocycles. The van der Waals surface area contributed by atoms with Crippen molar-refractivity contribution in [3.63, 3.8) is 0 Å². The van der Waals surface area contributed by atoms with Crippen molar-refractivity contribution in [2.45, 2.75) is 152 Å². The van der Waals surface area contributed by atoms with E-state index < -0.39 is 133 Å². The predicted octanol–water partition coefficient (Wildman–Crippen LogP) is -4.56. The number of benzene rings is 1. The van der Waals surface area contributed by atoms with E-state index in [2.05, 4.69) is 42.5 Å². The summed E-state index contributed by atoms with van der Waals surface area (Å²) in [6.45, 7) is 3.93. The molecular formula is C46H75N11O14. The number of hydrogen-bond acceptors (Lipinski definition) is 16. The summed E-state index contributed by atoms with van der Waals surface area (Å²) >= 11 is 0. The zero-order chi connectivity index (χ0) is 52.8. The average Bonchev–Trinajstić information content (AvgIpc) is 4.07. The summed E-state index contributed by atoms with van der Waals surface area (Å²) in [6.07, 6.45) is 1.79. The largest absolute Gasteiger partial charge is 0.508 e. The summed E-state index contributed by atoms with van der Waals surface area (Å²) in [5, 5.41) is 70.9. The highest BCUT2D eigenvalue weighted by Crippen LogP contribution is 2.20. The average molecular weight is 1010 g/mol. The van der Waals surface area contributed by atoms with Gasteiger partial charge in [-0.15, -0.1) is 0 Å². The topological polar surface area (TPSA) is 406 Å². The fourth-order valence-corrected chi connectivity index (χ4v) is 8.16. The molecule has 71 heavy (non-hydrogen) atoms. The molecule has 25 nitrogen and oxygen atoms in total. The quantitative estimate of drug-likeness (QED) is 0.0323. The number of carbonyl (C=O) groups excluding carboxylic acids is 8. The molecule has 8 amide bonds. The van der Waals surface area contributed by atoms with E-state index in [0.717, 1.165) is 11.3 Å². The first kappa shape index (κ1) is 59.3. The van der Waals surface area contributed by atoms with Gasteiger partial charge >= 0.3 is 5.97 Å². The van der Waals surface area contributed by atoms with Gasteiger partial charge in [-0.3, -0.25) is 38.4 Å². The van der Waals surface area contributed by atoms with Gasteiger partial charge in [-0.1, -0.05) is 26.0 Å². The van der Waals surface area contributed by atoms with Crippen LogP contribution in [0.4, 0.5) is 0 Å². The molecule has 1 aromatic rings. The van der Waals surface area contributed by atoms with Gasteiger partial charge < -0.3 is 84.4 Å². The second-order valence-electron chi connectivity index (χ2n) is 18.2. The van der Waals surface area contributed by atoms with Gasteiger partial charge in [0.1, 0.15) is 54.1 Å². The maximum absolute atomic E-state index is 14.0. The van der Waals surface area contributed by atoms with Crippen LogP contribution in [0.25, 0.3) is 0 Å². The fraction of sp³-hybridized carbons (Fsp3) is 0.674. The van der Waals surface area contributed by atoms with E-state index in [-0.39, 0.29) is 44.5 Å². The van der Waals surface area contributed by atoms with Crippen LogP contribution in [0.5, 0.6) is 5.75 Å². The van der Waals surface area contributed by atoms with Crippen LogP contribution in [-0.2, 0) is 49.6 Å². The van der Waals surface area contributed by atoms with Crippen molar-refractivity contribution >= 4 is 53.2 Å². The molecule has 1 aromatic carbocycles. The molecule has 2 heterocycles. The minimum absolute atomic E-state index is 0.0424. The fourth-order valence-electron chi connectivity index (χ4n) is 8.16. The predicted molar refractivity (Wildman–Crippen MR) is 255 cm³/mol. The van der Waals surface area contributed by atoms with Crippen molar-refractivity contribution in [1.82, 2.24) is 47.4 Å². The maximum Gasteiger partial charge on any atom is 0.326 e. The number of aliphatic hydroxyl groups is 3. The number of phenolic OH excluding ortho intramolecular Hbond substituents is 1. The molecule has 398 valence electrons. The Balaban J connectivity index is 1.76. The Labute approximate surface area is 412 Å². The first-order valence-electron chi connectivity index (χ1n) is 24.2. The molecule has 17 N–H and O–H groups in total. The first-order chi connectivity index (χ1) is 33.8. The number of carboxylic acid groups (broad SMARTS) is 1. The molecule has 10 atom stereocenters. The van der Waals surface area contributed by atoms with Gasteiger partial charge in [0.15, 0.2) is 0 Å². The Bertz CT molecular complexity index is 1950. The van der Waals surface area contributed by atoms with Crippen LogP contribution in [0.2, 0.25) is 0 Å². The van der Waals surface area contributed by atoms with E-state index in [1.165, 1.54) is 31.2 Å². The van der Waals surface area contributed by atoms with Gasteiger partial charge in [-0.05, 0) is 114 Å². The number of likely N-dealkylation sites (tertiary alicyclic amines) is 1. The molecule has 0 saturated carbocycles. The minimum atomic E-state index is -1.71. The van der Waals surface area contributed by atoms with Gasteiger partial charge in [-0.2, -0.15) is 0 Å². The lowest BCUT2D eigenvalue weighted by Crippen LogP contribution is -2.62. The lowest BCUT2D eigenvalue weighted by Gasteiger charge is -2.31. The molecular weight excluding hydrogens is 931 g/mol. The SMILES string of the molecule is CC(C)[C@H](NC(=O)[C@H](CCCCN)NC(=O)[C@@H]1CCCN1C(=O)[C@H](CO)NC(=O)[C@H](CO)NC(=O)[C@@H]1CCCN1)C(=O)N[C@H](C(=O)N[C@@H](Cc1ccc(O)cc1)C(=O)N[C@@H](CCCCN)C(=O)O)[C@@H](C)O. The number of carbonyl (C=O) groups is 9. The van der Waals surface area contributed by atoms with Crippen LogP contribution in [-0.4, -0.2) is 184 Å². The zero-order valence-electron chi connectivity index (χ0n) is 40.7. The van der Waals surface area contributed by atoms with Crippen molar-refractivity contribution in [3.05, 3.63) is 29.8 Å². The molecule has 3 rings (SSSR count). The summed E-state index contributed by atoms with van der Waals surface area (Å²) in [6, 6.07) is -6.15. The zero-order valence-corrected chi connectivity index (χ0v) is 40.7. The molecule has 25 heteroatoms. The highest BCUT2D eigenvalue weighted by atomic mass is 16.4. The van der Waals surface area contributed by atoms with E-state index in [1.54, 1.807) is 13.8 Å². The van der Waals surface area contributed by atoms with Crippen molar-refractivity contribution in [3.8, 4) is 5.75 Å². The van der Waals surface area contributed by atoms with E-state index in [0.29, 0.717) is 57.2 Å². The molecule has 2 saturated heterocycles. The number of aliphatic hydroxyl groups excluding tert-OH is 3. The van der Waals surface area contributed by atoms with Crippen molar-refractivity contribution < 1.29 is 68.7 Å². The summed E-state index contributed by atoms with van der Waals surface area (Å²) in [4.78, 5) is 122. The number of unbranched alkanes of at least 4 members (excludes halogenated alkanes) is 2. The molecule has 0 aliphatic carbocycles. The summed E-state index contributed by atoms with van der Waals surface area (Å²) in [5.41, 5.74) is 11.7. The second-order valence-corrected chi connectivity index (χ2v) is 18.2. The van der Waals surface area contributed by atoms with Gasteiger partial charge in [-0.25, -0.2) is 4.79 Å². The Morgan fingerprint density at radius 3 is 1.73 bits per heavy atom. The van der Waals surface area contributed by atoms with Crippen LogP contribution >= 0.6 is 0 Å². The number of rotatable bonds is 30. The number of phenols is 1. The number of nitrogens with one attached hydrogen (secondary N) is 8. The molecule has 2 fully saturated rings. The lowest BCUT2D eigenvalue weighted by molar-refractivity contribution is -0.143. The van der Waals surface area contributed by atoms with Gasteiger partial charge in [0.2, 0.25) is 47.3 Å². The summed E-state index contributed by atoms with van der Waals surface area (Å²) in [7, 11) is 0. The molecule has 0 radical (unpaired) electrons. The molecule has 0 unspecified atom stereocenters. The number of nitrogens with zero attached hydrogens (tertiary/aromatic N) is 1. The van der Waals surface area contributed by atoms with Gasteiger partial charge in [0, 0.05) is 13.0 Å². The minimum Gasteiger partial charge on any atom is -0.508 e. The maximum atomic E-state index is 14.0. The molecule has 0 bridgehead atoms. The standard InChI is InChI=1S/C46H75N11O14/c1-25(2)36(43(67)56-37(26(3)60)44(68)52-32(22-27-14-16-28(61)17-15-27)40(64)51-31(46(70)71)11-5-7-19-48)55-39(63)30(10-4-6-18-47)50-42(66)35-13-9-21-57(35)45(69)34(24-59)54-41(65)33(23-58)53-38(62)29-12-8-20-49-29/h14-17,25-26,29-37,49,58-61H,4-13,18-24,47-48H2,1-3H3,(H,50,66)(H,51,64)(H,52,68)(H,53,62)(H,54,65)(H,55,63)(H,56,67)(H,70,71)/t26-,29+,30+,31+,32+,33+,34+,35+,36+,37+/m1/s1. The second kappa shape index (κ2) is 30.0. The number of carboxylic acids is 1. The molecule has 0 aromatic heterocycles. The van der Waals surface area contributed by atoms with E-state index in [4.69, 9.17) is 11.5 Å². The smallest absolute Gasteiger partial charge is 0.326 e. The van der Waals surface area contributed by atoms with E-state index >= 15 is 0 Å². The Morgan fingerprint density at radius 1 is 0.648 bits per heavy atom. The van der Waals surface area contributed by atoms with Crippen LogP contribution in [0.1, 0.15) is 90.5 Å². The summed E-state index contributed by atoms with van der Waals surface area (Å²) in [5.74, 6) is -8.71. The Kier molecular flexibility index (Phi) is 25.1. The number of aromatic hydroxyl groups is 1. The van der Waals surface area contributed by atoms with Crippen LogP contribution < -0.4 is 54.0 Å². The number of nitrogens with two attached hydrogens (primary N) is 2. The van der Waals surface area contributed by atoms with Crippen LogP contribution in [0.15, 0.2) is 24.3 Å². The molecule has 0 spiro atoms. The van der Waals surface area contributed by atoms with Crippen LogP contribution in [0, 0.1) is 5.92 Å². The third-order valence-corrected chi connectivity index (χ3v) is 12.3. The lowest BCUT2D eigenvalue weighted by atomic mass is 10.00. The van der Waals surface area contributed by atoms with E-state index in [1.807, 2.05) is 0 Å². The Hall–Kier alpha value is -5.99. The number of aliphatic carboxylic acids is 1. The number of hydrogen-bond donors (Lipinski definition) is 15. The summed E-state index contributed by atoms with van der Waals surface area (Å²) < 4.78 is 0. The molecule has 2 aliphatic rings. The van der Waals surface area contributed by atoms with E-state index in [9.17, 15) is 68.7 Å². The van der Waals surface area contributed by atoms with Crippen molar-refractivity contribution in [1.29, 1.82) is 0 Å².